The zero-order valence-electron chi connectivity index (χ0n) is 7.17. The third kappa shape index (κ3) is 2.97. The fraction of sp³-hybridized carbons (Fsp3) is 0.100. The Morgan fingerprint density at radius 2 is 2.21 bits per heavy atom. The molecule has 0 N–H and O–H groups in total. The van der Waals surface area contributed by atoms with Gasteiger partial charge in [0.05, 0.1) is 0 Å². The van der Waals surface area contributed by atoms with Crippen molar-refractivity contribution in [1.29, 1.82) is 0 Å². The molecule has 4 heteroatoms. The molecule has 0 aliphatic heterocycles. The van der Waals surface area contributed by atoms with Crippen LogP contribution >= 0.6 is 0 Å². The van der Waals surface area contributed by atoms with Crippen molar-refractivity contribution >= 4 is 12.5 Å². The Morgan fingerprint density at radius 1 is 1.43 bits per heavy atom. The highest BCUT2D eigenvalue weighted by atomic mass is 19.1. The molecule has 0 bridgehead atoms. The van der Waals surface area contributed by atoms with Crippen molar-refractivity contribution in [2.45, 2.75) is 0 Å². The predicted octanol–water partition coefficient (Wildman–Crippen LogP) is 2.06. The van der Waals surface area contributed by atoms with E-state index in [1.807, 2.05) is 0 Å². The van der Waals surface area contributed by atoms with Crippen molar-refractivity contribution in [3.63, 3.8) is 0 Å². The molecule has 2 nitrogen and oxygen atoms in total. The van der Waals surface area contributed by atoms with Gasteiger partial charge in [-0.3, -0.25) is 0 Å². The van der Waals surface area contributed by atoms with E-state index in [9.17, 15) is 13.6 Å². The second-order valence-corrected chi connectivity index (χ2v) is 2.46. The maximum absolute atomic E-state index is 13.0. The van der Waals surface area contributed by atoms with E-state index in [1.165, 1.54) is 24.7 Å². The van der Waals surface area contributed by atoms with E-state index in [4.69, 9.17) is 0 Å². The van der Waals surface area contributed by atoms with Crippen LogP contribution in [0.2, 0.25) is 0 Å². The summed E-state index contributed by atoms with van der Waals surface area (Å²) in [5.41, 5.74) is 0.237. The summed E-state index contributed by atoms with van der Waals surface area (Å²) in [5.74, 6) is -1.28. The zero-order valence-corrected chi connectivity index (χ0v) is 7.17. The monoisotopic (exact) mass is 197 g/mol. The lowest BCUT2D eigenvalue weighted by atomic mass is 10.2. The van der Waals surface area contributed by atoms with Gasteiger partial charge in [0.15, 0.2) is 0 Å². The minimum Gasteiger partial charge on any atom is -0.453 e. The van der Waals surface area contributed by atoms with Crippen molar-refractivity contribution in [2.75, 3.05) is 6.61 Å². The molecule has 0 aliphatic carbocycles. The van der Waals surface area contributed by atoms with Gasteiger partial charge in [0.25, 0.3) is 0 Å². The zero-order chi connectivity index (χ0) is 10.4. The number of hydrogen-bond donors (Lipinski definition) is 0. The fourth-order valence-corrected chi connectivity index (χ4v) is 0.894. The van der Waals surface area contributed by atoms with Gasteiger partial charge in [-0.25, -0.2) is 13.6 Å². The Balaban J connectivity index is 2.67. The molecule has 0 heterocycles. The number of benzene rings is 1. The van der Waals surface area contributed by atoms with Gasteiger partial charge in [-0.1, -0.05) is 6.08 Å². The maximum Gasteiger partial charge on any atom is 0.417 e. The summed E-state index contributed by atoms with van der Waals surface area (Å²) in [6.07, 6.45) is 2.83. The van der Waals surface area contributed by atoms with Crippen LogP contribution in [0.3, 0.4) is 0 Å². The summed E-state index contributed by atoms with van der Waals surface area (Å²) in [5, 5.41) is 0. The van der Waals surface area contributed by atoms with Crippen LogP contribution in [0.15, 0.2) is 24.3 Å². The highest BCUT2D eigenvalue weighted by molar-refractivity contribution is 5.50. The Morgan fingerprint density at radius 3 is 2.86 bits per heavy atom. The SMILES string of the molecule is O=[C]OCC=Cc1ccc(F)cc1F. The summed E-state index contributed by atoms with van der Waals surface area (Å²) in [4.78, 5) is 9.62. The van der Waals surface area contributed by atoms with Gasteiger partial charge in [0, 0.05) is 11.6 Å². The normalized spacial score (nSPS) is 10.4. The van der Waals surface area contributed by atoms with Crippen LogP contribution in [0.25, 0.3) is 6.08 Å². The number of ether oxygens (including phenoxy) is 1. The largest absolute Gasteiger partial charge is 0.453 e. The summed E-state index contributed by atoms with van der Waals surface area (Å²) < 4.78 is 29.6. The standard InChI is InChI=1S/C10H7F2O2/c11-9-4-3-8(10(12)6-9)2-1-5-14-7-13/h1-4,6H,5H2. The lowest BCUT2D eigenvalue weighted by Gasteiger charge is -1.96. The summed E-state index contributed by atoms with van der Waals surface area (Å²) >= 11 is 0. The first kappa shape index (κ1) is 10.4. The molecule has 0 spiro atoms. The van der Waals surface area contributed by atoms with Crippen LogP contribution in [-0.4, -0.2) is 13.1 Å². The minimum absolute atomic E-state index is 0.0142. The molecule has 14 heavy (non-hydrogen) atoms. The van der Waals surface area contributed by atoms with Crippen molar-refractivity contribution in [1.82, 2.24) is 0 Å². The molecule has 0 saturated carbocycles. The van der Waals surface area contributed by atoms with Crippen LogP contribution < -0.4 is 0 Å². The lowest BCUT2D eigenvalue weighted by Crippen LogP contribution is -1.87. The first-order valence-electron chi connectivity index (χ1n) is 3.84. The van der Waals surface area contributed by atoms with Crippen LogP contribution in [0.1, 0.15) is 5.56 Å². The highest BCUT2D eigenvalue weighted by Gasteiger charge is 1.99. The van der Waals surface area contributed by atoms with Crippen LogP contribution in [-0.2, 0) is 9.53 Å². The number of hydrogen-bond acceptors (Lipinski definition) is 2. The molecule has 0 saturated heterocycles. The minimum atomic E-state index is -0.656. The average Bonchev–Trinajstić information content (AvgIpc) is 2.15. The molecule has 1 rings (SSSR count). The quantitative estimate of drug-likeness (QED) is 0.690. The van der Waals surface area contributed by atoms with E-state index in [-0.39, 0.29) is 12.2 Å². The van der Waals surface area contributed by atoms with Crippen LogP contribution in [0.4, 0.5) is 8.78 Å². The lowest BCUT2D eigenvalue weighted by molar-refractivity contribution is 0.314. The molecule has 0 amide bonds. The first-order valence-corrected chi connectivity index (χ1v) is 3.84. The van der Waals surface area contributed by atoms with Gasteiger partial charge in [0.1, 0.15) is 18.2 Å². The Hall–Kier alpha value is -1.71. The third-order valence-electron chi connectivity index (χ3n) is 1.50. The Kier molecular flexibility index (Phi) is 3.79. The van der Waals surface area contributed by atoms with E-state index < -0.39 is 11.6 Å². The Bertz CT molecular complexity index is 348. The number of carbonyl (C=O) groups excluding carboxylic acids is 1. The Labute approximate surface area is 79.8 Å². The predicted molar refractivity (Wildman–Crippen MR) is 47.0 cm³/mol. The molecule has 0 unspecified atom stereocenters. The van der Waals surface area contributed by atoms with Gasteiger partial charge >= 0.3 is 6.47 Å². The van der Waals surface area contributed by atoms with Crippen LogP contribution in [0, 0.1) is 11.6 Å². The first-order chi connectivity index (χ1) is 6.74. The maximum atomic E-state index is 13.0. The summed E-state index contributed by atoms with van der Waals surface area (Å²) in [6, 6.07) is 3.23. The summed E-state index contributed by atoms with van der Waals surface area (Å²) in [6.45, 7) is 1.24. The van der Waals surface area contributed by atoms with Gasteiger partial charge in [-0.05, 0) is 18.2 Å². The third-order valence-corrected chi connectivity index (χ3v) is 1.50. The van der Waals surface area contributed by atoms with Crippen molar-refractivity contribution in [2.24, 2.45) is 0 Å². The van der Waals surface area contributed by atoms with E-state index in [2.05, 4.69) is 4.74 Å². The fourth-order valence-electron chi connectivity index (χ4n) is 0.894. The summed E-state index contributed by atoms with van der Waals surface area (Å²) in [7, 11) is 0. The highest BCUT2D eigenvalue weighted by Crippen LogP contribution is 2.10. The van der Waals surface area contributed by atoms with Gasteiger partial charge in [-0.2, -0.15) is 0 Å². The molecule has 0 aliphatic rings. The van der Waals surface area contributed by atoms with Crippen molar-refractivity contribution < 1.29 is 18.3 Å². The average molecular weight is 197 g/mol. The number of rotatable bonds is 4. The van der Waals surface area contributed by atoms with Gasteiger partial charge in [0.2, 0.25) is 0 Å². The second kappa shape index (κ2) is 5.11. The van der Waals surface area contributed by atoms with E-state index in [1.54, 1.807) is 0 Å². The van der Waals surface area contributed by atoms with E-state index in [0.29, 0.717) is 0 Å². The van der Waals surface area contributed by atoms with Crippen molar-refractivity contribution in [3.8, 4) is 0 Å². The number of halogens is 2. The molecule has 1 aromatic carbocycles. The molecule has 0 aromatic heterocycles. The molecule has 0 fully saturated rings. The second-order valence-electron chi connectivity index (χ2n) is 2.46. The molecular weight excluding hydrogens is 190 g/mol. The van der Waals surface area contributed by atoms with Crippen molar-refractivity contribution in [3.05, 3.63) is 41.5 Å². The molecule has 1 radical (unpaired) electrons. The van der Waals surface area contributed by atoms with Gasteiger partial charge in [-0.15, -0.1) is 0 Å². The molecular formula is C10H7F2O2. The molecule has 0 atom stereocenters. The van der Waals surface area contributed by atoms with E-state index in [0.717, 1.165) is 12.1 Å². The van der Waals surface area contributed by atoms with Gasteiger partial charge < -0.3 is 4.74 Å². The topological polar surface area (TPSA) is 26.3 Å². The molecule has 1 aromatic rings. The van der Waals surface area contributed by atoms with E-state index >= 15 is 0 Å². The molecule has 73 valence electrons. The van der Waals surface area contributed by atoms with Crippen LogP contribution in [0.5, 0.6) is 0 Å². The smallest absolute Gasteiger partial charge is 0.417 e.